The topological polar surface area (TPSA) is 43.4 Å². The fourth-order valence-corrected chi connectivity index (χ4v) is 1.01. The molecule has 0 aromatic carbocycles. The van der Waals surface area contributed by atoms with Crippen molar-refractivity contribution in [2.75, 3.05) is 13.2 Å². The smallest absolute Gasteiger partial charge is 0.141 e. The molecule has 0 amide bonds. The molecule has 0 saturated carbocycles. The van der Waals surface area contributed by atoms with Gasteiger partial charge in [-0.15, -0.1) is 0 Å². The highest BCUT2D eigenvalue weighted by molar-refractivity contribution is 5.83. The maximum Gasteiger partial charge on any atom is 0.141 e. The standard InChI is InChI=1S/C7H10O3/c8-3-1-6-5-10-4-2-7(6)9/h3,6H,1-2,4-5H2/t6-/m1/s1. The van der Waals surface area contributed by atoms with Crippen LogP contribution in [0.5, 0.6) is 0 Å². The van der Waals surface area contributed by atoms with Crippen molar-refractivity contribution in [2.45, 2.75) is 12.8 Å². The Morgan fingerprint density at radius 2 is 2.50 bits per heavy atom. The van der Waals surface area contributed by atoms with E-state index in [1.807, 2.05) is 0 Å². The van der Waals surface area contributed by atoms with E-state index in [2.05, 4.69) is 0 Å². The molecule has 0 aromatic heterocycles. The molecule has 1 aliphatic heterocycles. The van der Waals surface area contributed by atoms with E-state index in [0.717, 1.165) is 6.29 Å². The quantitative estimate of drug-likeness (QED) is 0.516. The van der Waals surface area contributed by atoms with Crippen LogP contribution in [0.1, 0.15) is 12.8 Å². The first kappa shape index (κ1) is 7.41. The van der Waals surface area contributed by atoms with Crippen LogP contribution in [0.4, 0.5) is 0 Å². The molecule has 0 aromatic rings. The molecule has 0 unspecified atom stereocenters. The largest absolute Gasteiger partial charge is 0.380 e. The van der Waals surface area contributed by atoms with Crippen LogP contribution in [-0.2, 0) is 14.3 Å². The highest BCUT2D eigenvalue weighted by atomic mass is 16.5. The van der Waals surface area contributed by atoms with Crippen molar-refractivity contribution in [3.63, 3.8) is 0 Å². The minimum atomic E-state index is -0.161. The lowest BCUT2D eigenvalue weighted by atomic mass is 9.98. The number of carbonyl (C=O) groups excluding carboxylic acids is 2. The van der Waals surface area contributed by atoms with Crippen molar-refractivity contribution < 1.29 is 14.3 Å². The van der Waals surface area contributed by atoms with Gasteiger partial charge in [0.25, 0.3) is 0 Å². The summed E-state index contributed by atoms with van der Waals surface area (Å²) in [5.41, 5.74) is 0. The summed E-state index contributed by atoms with van der Waals surface area (Å²) >= 11 is 0. The molecule has 0 radical (unpaired) electrons. The van der Waals surface area contributed by atoms with E-state index in [1.165, 1.54) is 0 Å². The Labute approximate surface area is 59.4 Å². The third-order valence-electron chi connectivity index (χ3n) is 1.65. The van der Waals surface area contributed by atoms with Gasteiger partial charge >= 0.3 is 0 Å². The summed E-state index contributed by atoms with van der Waals surface area (Å²) in [6.07, 6.45) is 1.56. The number of hydrogen-bond donors (Lipinski definition) is 0. The van der Waals surface area contributed by atoms with Crippen LogP contribution in [0.3, 0.4) is 0 Å². The normalized spacial score (nSPS) is 26.4. The van der Waals surface area contributed by atoms with E-state index >= 15 is 0 Å². The number of Topliss-reactive ketones (excluding diaryl/α,β-unsaturated/α-hetero) is 1. The fraction of sp³-hybridized carbons (Fsp3) is 0.714. The lowest BCUT2D eigenvalue weighted by molar-refractivity contribution is -0.132. The van der Waals surface area contributed by atoms with E-state index in [1.54, 1.807) is 0 Å². The molecule has 0 N–H and O–H groups in total. The highest BCUT2D eigenvalue weighted by Gasteiger charge is 2.21. The van der Waals surface area contributed by atoms with Crippen LogP contribution in [0.25, 0.3) is 0 Å². The second-order valence-electron chi connectivity index (χ2n) is 2.39. The van der Waals surface area contributed by atoms with Gasteiger partial charge in [0.05, 0.1) is 13.2 Å². The van der Waals surface area contributed by atoms with Crippen LogP contribution >= 0.6 is 0 Å². The van der Waals surface area contributed by atoms with Crippen molar-refractivity contribution in [1.29, 1.82) is 0 Å². The molecular weight excluding hydrogens is 132 g/mol. The lowest BCUT2D eigenvalue weighted by Crippen LogP contribution is -2.27. The molecule has 3 heteroatoms. The molecule has 0 bridgehead atoms. The molecule has 1 aliphatic rings. The average Bonchev–Trinajstić information content (AvgIpc) is 1.94. The molecular formula is C7H10O3. The van der Waals surface area contributed by atoms with Gasteiger partial charge in [-0.3, -0.25) is 4.79 Å². The van der Waals surface area contributed by atoms with E-state index in [4.69, 9.17) is 4.74 Å². The van der Waals surface area contributed by atoms with Gasteiger partial charge in [0.15, 0.2) is 0 Å². The first-order chi connectivity index (χ1) is 4.84. The Balaban J connectivity index is 2.39. The van der Waals surface area contributed by atoms with Gasteiger partial charge in [0.2, 0.25) is 0 Å². The Kier molecular flexibility index (Phi) is 2.57. The van der Waals surface area contributed by atoms with E-state index in [0.29, 0.717) is 26.1 Å². The molecule has 1 saturated heterocycles. The Morgan fingerprint density at radius 3 is 3.10 bits per heavy atom. The summed E-state index contributed by atoms with van der Waals surface area (Å²) in [6, 6.07) is 0. The van der Waals surface area contributed by atoms with Crippen LogP contribution in [0.15, 0.2) is 0 Å². The Bertz CT molecular complexity index is 142. The first-order valence-corrected chi connectivity index (χ1v) is 3.38. The van der Waals surface area contributed by atoms with Crippen molar-refractivity contribution in [2.24, 2.45) is 5.92 Å². The number of ether oxygens (including phenoxy) is 1. The third-order valence-corrected chi connectivity index (χ3v) is 1.65. The molecule has 0 spiro atoms. The Morgan fingerprint density at radius 1 is 1.70 bits per heavy atom. The molecule has 10 heavy (non-hydrogen) atoms. The monoisotopic (exact) mass is 142 g/mol. The molecule has 1 rings (SSSR count). The molecule has 0 aliphatic carbocycles. The minimum Gasteiger partial charge on any atom is -0.380 e. The summed E-state index contributed by atoms with van der Waals surface area (Å²) in [7, 11) is 0. The maximum absolute atomic E-state index is 10.9. The molecule has 56 valence electrons. The van der Waals surface area contributed by atoms with Crippen LogP contribution in [-0.4, -0.2) is 25.3 Å². The van der Waals surface area contributed by atoms with Gasteiger partial charge in [-0.2, -0.15) is 0 Å². The van der Waals surface area contributed by atoms with Crippen LogP contribution in [0, 0.1) is 5.92 Å². The zero-order valence-electron chi connectivity index (χ0n) is 5.71. The molecule has 1 atom stereocenters. The molecule has 1 fully saturated rings. The van der Waals surface area contributed by atoms with Crippen molar-refractivity contribution in [3.8, 4) is 0 Å². The zero-order valence-corrected chi connectivity index (χ0v) is 5.71. The summed E-state index contributed by atoms with van der Waals surface area (Å²) in [4.78, 5) is 21.0. The minimum absolute atomic E-state index is 0.161. The van der Waals surface area contributed by atoms with Crippen LogP contribution in [0.2, 0.25) is 0 Å². The van der Waals surface area contributed by atoms with Crippen molar-refractivity contribution in [1.82, 2.24) is 0 Å². The van der Waals surface area contributed by atoms with Gasteiger partial charge < -0.3 is 9.53 Å². The number of aldehydes is 1. The summed E-state index contributed by atoms with van der Waals surface area (Å²) < 4.78 is 5.03. The average molecular weight is 142 g/mol. The van der Waals surface area contributed by atoms with Crippen molar-refractivity contribution in [3.05, 3.63) is 0 Å². The number of ketones is 1. The van der Waals surface area contributed by atoms with Gasteiger partial charge in [0, 0.05) is 18.8 Å². The second-order valence-corrected chi connectivity index (χ2v) is 2.39. The SMILES string of the molecule is O=CC[C@@H]1COCCC1=O. The summed E-state index contributed by atoms with van der Waals surface area (Å²) in [5.74, 6) is 0.00426. The summed E-state index contributed by atoms with van der Waals surface area (Å²) in [5, 5.41) is 0. The fourth-order valence-electron chi connectivity index (χ4n) is 1.01. The first-order valence-electron chi connectivity index (χ1n) is 3.38. The predicted octanol–water partition coefficient (Wildman–Crippen LogP) is 0.181. The highest BCUT2D eigenvalue weighted by Crippen LogP contribution is 2.11. The van der Waals surface area contributed by atoms with E-state index in [-0.39, 0.29) is 11.7 Å². The van der Waals surface area contributed by atoms with Gasteiger partial charge in [-0.1, -0.05) is 0 Å². The van der Waals surface area contributed by atoms with Crippen molar-refractivity contribution >= 4 is 12.1 Å². The predicted molar refractivity (Wildman–Crippen MR) is 34.6 cm³/mol. The second kappa shape index (κ2) is 3.46. The zero-order chi connectivity index (χ0) is 7.40. The van der Waals surface area contributed by atoms with Gasteiger partial charge in [-0.25, -0.2) is 0 Å². The Hall–Kier alpha value is -0.700. The van der Waals surface area contributed by atoms with E-state index < -0.39 is 0 Å². The number of carbonyl (C=O) groups is 2. The third kappa shape index (κ3) is 1.64. The summed E-state index contributed by atoms with van der Waals surface area (Å²) in [6.45, 7) is 0.950. The number of hydrogen-bond acceptors (Lipinski definition) is 3. The lowest BCUT2D eigenvalue weighted by Gasteiger charge is -2.18. The van der Waals surface area contributed by atoms with Gasteiger partial charge in [-0.05, 0) is 0 Å². The van der Waals surface area contributed by atoms with E-state index in [9.17, 15) is 9.59 Å². The molecule has 3 nitrogen and oxygen atoms in total. The maximum atomic E-state index is 10.9. The van der Waals surface area contributed by atoms with Gasteiger partial charge in [0.1, 0.15) is 12.1 Å². The van der Waals surface area contributed by atoms with Crippen LogP contribution < -0.4 is 0 Å². The molecule has 1 heterocycles. The number of rotatable bonds is 2.